The third-order valence-corrected chi connectivity index (χ3v) is 4.19. The van der Waals surface area contributed by atoms with Gasteiger partial charge in [-0.1, -0.05) is 24.3 Å². The van der Waals surface area contributed by atoms with Crippen LogP contribution in [0.4, 0.5) is 8.78 Å². The van der Waals surface area contributed by atoms with Gasteiger partial charge in [-0.15, -0.1) is 16.4 Å². The molecule has 0 aliphatic heterocycles. The molecule has 5 nitrogen and oxygen atoms in total. The molecule has 0 spiro atoms. The third kappa shape index (κ3) is 3.36. The molecule has 1 aromatic carbocycles. The van der Waals surface area contributed by atoms with Gasteiger partial charge in [-0.05, 0) is 17.7 Å². The lowest BCUT2D eigenvalue weighted by Gasteiger charge is -2.10. The van der Waals surface area contributed by atoms with Gasteiger partial charge in [0.2, 0.25) is 0 Å². The lowest BCUT2D eigenvalue weighted by molar-refractivity contribution is 0.0174. The van der Waals surface area contributed by atoms with Gasteiger partial charge in [0.15, 0.2) is 5.69 Å². The van der Waals surface area contributed by atoms with E-state index >= 15 is 0 Å². The van der Waals surface area contributed by atoms with Gasteiger partial charge in [0.25, 0.3) is 5.92 Å². The number of halogens is 2. The van der Waals surface area contributed by atoms with Crippen LogP contribution >= 0.6 is 11.3 Å². The van der Waals surface area contributed by atoms with Gasteiger partial charge in [0.05, 0.1) is 4.88 Å². The number of benzene rings is 1. The van der Waals surface area contributed by atoms with Crippen molar-refractivity contribution in [2.75, 3.05) is 0 Å². The van der Waals surface area contributed by atoms with Crippen LogP contribution in [0, 0.1) is 11.3 Å². The molecule has 2 aromatic heterocycles. The number of nitrogens with one attached hydrogen (secondary N) is 1. The Bertz CT molecular complexity index is 930. The van der Waals surface area contributed by atoms with Crippen LogP contribution in [-0.4, -0.2) is 20.4 Å². The van der Waals surface area contributed by atoms with Crippen molar-refractivity contribution in [3.8, 4) is 16.6 Å². The normalized spacial score (nSPS) is 11.8. The van der Waals surface area contributed by atoms with Crippen molar-refractivity contribution < 1.29 is 8.78 Å². The summed E-state index contributed by atoms with van der Waals surface area (Å²) < 4.78 is 26.7. The Morgan fingerprint density at radius 3 is 2.88 bits per heavy atom. The number of aromatic amines is 1. The minimum Gasteiger partial charge on any atom is -0.244 e. The summed E-state index contributed by atoms with van der Waals surface area (Å²) in [4.78, 5) is 4.93. The molecule has 0 saturated carbocycles. The van der Waals surface area contributed by atoms with E-state index in [9.17, 15) is 8.78 Å². The molecule has 0 amide bonds. The minimum absolute atomic E-state index is 0.0364. The van der Waals surface area contributed by atoms with Crippen LogP contribution in [0.15, 0.2) is 30.5 Å². The summed E-state index contributed by atoms with van der Waals surface area (Å²) >= 11 is 1.33. The lowest BCUT2D eigenvalue weighted by Crippen LogP contribution is -2.06. The number of H-pyrrole nitrogens is 1. The number of aromatic nitrogens is 4. The fourth-order valence-corrected chi connectivity index (χ4v) is 2.85. The van der Waals surface area contributed by atoms with Crippen LogP contribution in [0.5, 0.6) is 0 Å². The van der Waals surface area contributed by atoms with Gasteiger partial charge in [-0.25, -0.2) is 13.8 Å². The molecule has 0 bridgehead atoms. The number of nitrogens with zero attached hydrogens (tertiary/aromatic N) is 4. The van der Waals surface area contributed by atoms with Crippen LogP contribution in [0.2, 0.25) is 0 Å². The molecule has 120 valence electrons. The zero-order valence-electron chi connectivity index (χ0n) is 12.5. The average Bonchev–Trinajstić information content (AvgIpc) is 3.21. The van der Waals surface area contributed by atoms with Crippen LogP contribution in [0.1, 0.15) is 28.8 Å². The highest BCUT2D eigenvalue weighted by Gasteiger charge is 2.23. The first-order chi connectivity index (χ1) is 11.5. The Balaban J connectivity index is 1.83. The Morgan fingerprint density at radius 2 is 2.12 bits per heavy atom. The first kappa shape index (κ1) is 16.0. The molecule has 24 heavy (non-hydrogen) atoms. The Morgan fingerprint density at radius 1 is 1.29 bits per heavy atom. The van der Waals surface area contributed by atoms with Crippen molar-refractivity contribution in [2.45, 2.75) is 12.8 Å². The number of nitriles is 1. The fourth-order valence-electron chi connectivity index (χ4n) is 2.04. The monoisotopic (exact) mass is 343 g/mol. The number of alkyl halides is 2. The van der Waals surface area contributed by atoms with Gasteiger partial charge < -0.3 is 0 Å². The predicted molar refractivity (Wildman–Crippen MR) is 87.1 cm³/mol. The maximum absolute atomic E-state index is 13.4. The molecule has 0 aliphatic rings. The van der Waals surface area contributed by atoms with E-state index in [1.807, 2.05) is 6.07 Å². The lowest BCUT2D eigenvalue weighted by atomic mass is 10.1. The quantitative estimate of drug-likeness (QED) is 0.774. The molecule has 0 unspecified atom stereocenters. The first-order valence-electron chi connectivity index (χ1n) is 6.91. The summed E-state index contributed by atoms with van der Waals surface area (Å²) in [5.41, 5.74) is 1.27. The summed E-state index contributed by atoms with van der Waals surface area (Å²) in [5.74, 6) is -2.88. The Kier molecular flexibility index (Phi) is 4.18. The van der Waals surface area contributed by atoms with Gasteiger partial charge >= 0.3 is 0 Å². The molecule has 8 heteroatoms. The molecule has 0 fully saturated rings. The summed E-state index contributed by atoms with van der Waals surface area (Å²) in [5, 5.41) is 19.7. The molecule has 1 N–H and O–H groups in total. The molecule has 2 heterocycles. The Hall–Kier alpha value is -2.92. The summed E-state index contributed by atoms with van der Waals surface area (Å²) in [6.07, 6.45) is 5.04. The van der Waals surface area contributed by atoms with E-state index in [1.54, 1.807) is 30.5 Å². The van der Waals surface area contributed by atoms with Crippen LogP contribution in [0.3, 0.4) is 0 Å². The summed E-state index contributed by atoms with van der Waals surface area (Å²) in [7, 11) is 0. The molecule has 0 atom stereocenters. The molecular weight excluding hydrogens is 332 g/mol. The zero-order chi connectivity index (χ0) is 17.2. The molecule has 3 aromatic rings. The smallest absolute Gasteiger partial charge is 0.244 e. The standard InChI is InChI=1S/C16H11F2N5S/c1-16(17,18)11-4-2-3-10(7-11)5-6-14-20-9-13(24-14)15-12(8-19)21-23-22-15/h2-7,9H,1H3,(H,21,22,23)/b6-5+. The van der Waals surface area contributed by atoms with E-state index in [2.05, 4.69) is 20.4 Å². The number of rotatable bonds is 4. The second kappa shape index (κ2) is 6.29. The minimum atomic E-state index is -2.88. The van der Waals surface area contributed by atoms with Crippen LogP contribution in [-0.2, 0) is 5.92 Å². The second-order valence-corrected chi connectivity index (χ2v) is 6.10. The zero-order valence-corrected chi connectivity index (χ0v) is 13.3. The van der Waals surface area contributed by atoms with Gasteiger partial charge in [-0.3, -0.25) is 0 Å². The van der Waals surface area contributed by atoms with Crippen molar-refractivity contribution in [3.05, 3.63) is 52.3 Å². The van der Waals surface area contributed by atoms with Gasteiger partial charge in [-0.2, -0.15) is 15.6 Å². The highest BCUT2D eigenvalue weighted by Crippen LogP contribution is 2.29. The number of hydrogen-bond acceptors (Lipinski definition) is 5. The molecule has 0 saturated heterocycles. The SMILES string of the molecule is CC(F)(F)c1cccc(/C=C/c2ncc(-c3n[nH]nc3C#N)s2)c1. The Labute approximate surface area is 140 Å². The summed E-state index contributed by atoms with van der Waals surface area (Å²) in [6.45, 7) is 0.869. The van der Waals surface area contributed by atoms with Crippen LogP contribution in [0.25, 0.3) is 22.7 Å². The van der Waals surface area contributed by atoms with Crippen molar-refractivity contribution >= 4 is 23.5 Å². The number of hydrogen-bond donors (Lipinski definition) is 1. The highest BCUT2D eigenvalue weighted by molar-refractivity contribution is 7.15. The van der Waals surface area contributed by atoms with Crippen molar-refractivity contribution in [1.29, 1.82) is 5.26 Å². The second-order valence-electron chi connectivity index (χ2n) is 5.04. The third-order valence-electron chi connectivity index (χ3n) is 3.22. The molecule has 0 radical (unpaired) electrons. The maximum atomic E-state index is 13.4. The first-order valence-corrected chi connectivity index (χ1v) is 7.72. The van der Waals surface area contributed by atoms with Crippen molar-refractivity contribution in [3.63, 3.8) is 0 Å². The fraction of sp³-hybridized carbons (Fsp3) is 0.125. The number of thiazole rings is 1. The summed E-state index contributed by atoms with van der Waals surface area (Å²) in [6, 6.07) is 8.12. The topological polar surface area (TPSA) is 78.2 Å². The average molecular weight is 343 g/mol. The van der Waals surface area contributed by atoms with E-state index in [0.29, 0.717) is 21.1 Å². The van der Waals surface area contributed by atoms with Crippen LogP contribution < -0.4 is 0 Å². The van der Waals surface area contributed by atoms with E-state index < -0.39 is 5.92 Å². The van der Waals surface area contributed by atoms with Gasteiger partial charge in [0, 0.05) is 18.7 Å². The largest absolute Gasteiger partial charge is 0.270 e. The van der Waals surface area contributed by atoms with E-state index in [4.69, 9.17) is 5.26 Å². The molecule has 3 rings (SSSR count). The molecule has 0 aliphatic carbocycles. The van der Waals surface area contributed by atoms with E-state index in [-0.39, 0.29) is 11.3 Å². The predicted octanol–water partition coefficient (Wildman–Crippen LogP) is 4.08. The van der Waals surface area contributed by atoms with Gasteiger partial charge in [0.1, 0.15) is 16.8 Å². The van der Waals surface area contributed by atoms with Crippen molar-refractivity contribution in [1.82, 2.24) is 20.4 Å². The maximum Gasteiger partial charge on any atom is 0.270 e. The molecular formula is C16H11F2N5S. The van der Waals surface area contributed by atoms with E-state index in [0.717, 1.165) is 6.92 Å². The van der Waals surface area contributed by atoms with Crippen molar-refractivity contribution in [2.24, 2.45) is 0 Å². The van der Waals surface area contributed by atoms with E-state index in [1.165, 1.54) is 23.5 Å². The highest BCUT2D eigenvalue weighted by atomic mass is 32.1.